The van der Waals surface area contributed by atoms with Crippen LogP contribution in [0.4, 0.5) is 5.69 Å². The highest BCUT2D eigenvalue weighted by Gasteiger charge is 2.15. The van der Waals surface area contributed by atoms with Crippen molar-refractivity contribution in [2.75, 3.05) is 0 Å². The number of nitro benzene ring substituents is 1. The van der Waals surface area contributed by atoms with E-state index in [0.29, 0.717) is 29.3 Å². The molecule has 0 radical (unpaired) electrons. The average molecular weight is 406 g/mol. The molecule has 0 aliphatic heterocycles. The number of hydrogen-bond donors (Lipinski definition) is 0. The molecule has 1 aromatic heterocycles. The van der Waals surface area contributed by atoms with Crippen LogP contribution in [0.15, 0.2) is 77.6 Å². The van der Waals surface area contributed by atoms with Crippen molar-refractivity contribution in [3.8, 4) is 0 Å². The molecule has 1 heterocycles. The van der Waals surface area contributed by atoms with Crippen molar-refractivity contribution in [2.45, 2.75) is 13.0 Å². The first-order valence-corrected chi connectivity index (χ1v) is 9.35. The van der Waals surface area contributed by atoms with Gasteiger partial charge in [-0.3, -0.25) is 14.9 Å². The third-order valence-corrected chi connectivity index (χ3v) is 4.92. The van der Waals surface area contributed by atoms with E-state index in [0.717, 1.165) is 11.1 Å². The first-order valence-electron chi connectivity index (χ1n) is 8.97. The zero-order valence-electron chi connectivity index (χ0n) is 15.3. The number of rotatable bonds is 5. The molecular weight excluding hydrogens is 390 g/mol. The number of halogens is 1. The number of hydrogen-bond acceptors (Lipinski definition) is 4. The lowest BCUT2D eigenvalue weighted by atomic mass is 10.1. The molecule has 7 heteroatoms. The van der Waals surface area contributed by atoms with Crippen molar-refractivity contribution < 1.29 is 4.92 Å². The second-order valence-electron chi connectivity index (χ2n) is 6.67. The monoisotopic (exact) mass is 405 g/mol. The van der Waals surface area contributed by atoms with E-state index in [-0.39, 0.29) is 11.1 Å². The van der Waals surface area contributed by atoms with Crippen LogP contribution >= 0.6 is 11.6 Å². The first-order chi connectivity index (χ1) is 14.0. The molecule has 0 amide bonds. The van der Waals surface area contributed by atoms with Gasteiger partial charge in [0.1, 0.15) is 5.82 Å². The highest BCUT2D eigenvalue weighted by Crippen LogP contribution is 2.22. The maximum Gasteiger partial charge on any atom is 0.281 e. The Kier molecular flexibility index (Phi) is 5.10. The van der Waals surface area contributed by atoms with E-state index in [1.165, 1.54) is 12.1 Å². The van der Waals surface area contributed by atoms with Gasteiger partial charge < -0.3 is 4.57 Å². The molecular formula is C22H16ClN3O3. The second kappa shape index (κ2) is 7.85. The van der Waals surface area contributed by atoms with Gasteiger partial charge in [0.25, 0.3) is 11.2 Å². The van der Waals surface area contributed by atoms with Crippen LogP contribution in [-0.4, -0.2) is 14.5 Å². The zero-order chi connectivity index (χ0) is 20.4. The third-order valence-electron chi connectivity index (χ3n) is 4.69. The van der Waals surface area contributed by atoms with Gasteiger partial charge in [-0.25, -0.2) is 0 Å². The number of non-ortho nitro benzene ring substituents is 1. The Balaban J connectivity index is 1.91. The highest BCUT2D eigenvalue weighted by atomic mass is 35.5. The fraction of sp³-hybridized carbons (Fsp3) is 0.0909. The lowest BCUT2D eigenvalue weighted by Gasteiger charge is -2.16. The van der Waals surface area contributed by atoms with Gasteiger partial charge >= 0.3 is 0 Å². The second-order valence-corrected chi connectivity index (χ2v) is 7.11. The van der Waals surface area contributed by atoms with Gasteiger partial charge in [-0.1, -0.05) is 54.1 Å². The highest BCUT2D eigenvalue weighted by molar-refractivity contribution is 6.30. The minimum absolute atomic E-state index is 0.137. The fourth-order valence-electron chi connectivity index (χ4n) is 3.33. The summed E-state index contributed by atoms with van der Waals surface area (Å²) in [6.45, 7) is 0.435. The van der Waals surface area contributed by atoms with Crippen LogP contribution in [0.3, 0.4) is 0 Å². The molecule has 29 heavy (non-hydrogen) atoms. The lowest BCUT2D eigenvalue weighted by Crippen LogP contribution is -2.20. The van der Waals surface area contributed by atoms with Gasteiger partial charge in [0.05, 0.1) is 15.8 Å². The zero-order valence-corrected chi connectivity index (χ0v) is 16.0. The summed E-state index contributed by atoms with van der Waals surface area (Å²) in [6, 6.07) is 21.5. The molecule has 0 aliphatic rings. The van der Waals surface area contributed by atoms with Crippen LogP contribution < -0.4 is 5.56 Å². The Morgan fingerprint density at radius 1 is 0.966 bits per heavy atom. The molecule has 6 nitrogen and oxygen atoms in total. The summed E-state index contributed by atoms with van der Waals surface area (Å²) in [6.07, 6.45) is 0.462. The summed E-state index contributed by atoms with van der Waals surface area (Å²) in [5, 5.41) is 12.0. The predicted molar refractivity (Wildman–Crippen MR) is 112 cm³/mol. The number of fused-ring (bicyclic) bond motifs is 1. The van der Waals surface area contributed by atoms with E-state index in [4.69, 9.17) is 11.6 Å². The summed E-state index contributed by atoms with van der Waals surface area (Å²) in [4.78, 5) is 27.5. The quantitative estimate of drug-likeness (QED) is 0.359. The molecule has 0 saturated carbocycles. The van der Waals surface area contributed by atoms with E-state index in [1.807, 2.05) is 53.1 Å². The van der Waals surface area contributed by atoms with Crippen molar-refractivity contribution in [3.63, 3.8) is 0 Å². The van der Waals surface area contributed by atoms with Crippen molar-refractivity contribution >= 4 is 28.2 Å². The van der Waals surface area contributed by atoms with Crippen LogP contribution in [0.5, 0.6) is 0 Å². The van der Waals surface area contributed by atoms with E-state index in [2.05, 4.69) is 4.98 Å². The SMILES string of the molecule is O=c1nc(Cc2ccccc2)n(Cc2cccc(Cl)c2)c2ccc([N+](=O)[O-])cc12. The number of nitrogens with zero attached hydrogens (tertiary/aromatic N) is 3. The van der Waals surface area contributed by atoms with Crippen LogP contribution in [0, 0.1) is 10.1 Å². The Labute approximate surface area is 171 Å². The number of aromatic nitrogens is 2. The molecule has 0 fully saturated rings. The molecule has 0 saturated heterocycles. The predicted octanol–water partition coefficient (Wildman–Crippen LogP) is 4.60. The van der Waals surface area contributed by atoms with E-state index < -0.39 is 10.5 Å². The fourth-order valence-corrected chi connectivity index (χ4v) is 3.54. The van der Waals surface area contributed by atoms with Gasteiger partial charge in [0.2, 0.25) is 0 Å². The van der Waals surface area contributed by atoms with Crippen molar-refractivity contribution in [2.24, 2.45) is 0 Å². The van der Waals surface area contributed by atoms with E-state index >= 15 is 0 Å². The summed E-state index contributed by atoms with van der Waals surface area (Å²) in [5.41, 5.74) is 1.94. The Hall–Kier alpha value is -3.51. The van der Waals surface area contributed by atoms with Gasteiger partial charge in [0.15, 0.2) is 0 Å². The summed E-state index contributed by atoms with van der Waals surface area (Å²) >= 11 is 6.13. The molecule has 0 bridgehead atoms. The summed E-state index contributed by atoms with van der Waals surface area (Å²) < 4.78 is 1.92. The Bertz CT molecular complexity index is 1270. The maximum atomic E-state index is 12.7. The smallest absolute Gasteiger partial charge is 0.281 e. The van der Waals surface area contributed by atoms with Crippen LogP contribution in [0.2, 0.25) is 5.02 Å². The van der Waals surface area contributed by atoms with E-state index in [1.54, 1.807) is 12.1 Å². The maximum absolute atomic E-state index is 12.7. The summed E-state index contributed by atoms with van der Waals surface area (Å²) in [5.74, 6) is 0.586. The Morgan fingerprint density at radius 2 is 1.72 bits per heavy atom. The van der Waals surface area contributed by atoms with E-state index in [9.17, 15) is 14.9 Å². The van der Waals surface area contributed by atoms with Crippen LogP contribution in [0.1, 0.15) is 17.0 Å². The first kappa shape index (κ1) is 18.8. The van der Waals surface area contributed by atoms with Crippen LogP contribution in [0.25, 0.3) is 10.9 Å². The minimum atomic E-state index is -0.516. The molecule has 4 rings (SSSR count). The largest absolute Gasteiger partial charge is 0.324 e. The molecule has 3 aromatic carbocycles. The molecule has 0 aliphatic carbocycles. The topological polar surface area (TPSA) is 78.0 Å². The molecule has 0 unspecified atom stereocenters. The number of benzene rings is 3. The number of nitro groups is 1. The van der Waals surface area contributed by atoms with Crippen molar-refractivity contribution in [3.05, 3.63) is 115 Å². The normalized spacial score (nSPS) is 10.9. The van der Waals surface area contributed by atoms with Gasteiger partial charge in [-0.05, 0) is 29.3 Å². The van der Waals surface area contributed by atoms with Crippen molar-refractivity contribution in [1.29, 1.82) is 0 Å². The molecule has 0 N–H and O–H groups in total. The van der Waals surface area contributed by atoms with Crippen molar-refractivity contribution in [1.82, 2.24) is 9.55 Å². The van der Waals surface area contributed by atoms with Gasteiger partial charge in [0, 0.05) is 30.1 Å². The third kappa shape index (κ3) is 4.02. The average Bonchev–Trinajstić information content (AvgIpc) is 2.71. The molecule has 0 atom stereocenters. The Morgan fingerprint density at radius 3 is 2.45 bits per heavy atom. The minimum Gasteiger partial charge on any atom is -0.324 e. The summed E-state index contributed by atoms with van der Waals surface area (Å²) in [7, 11) is 0. The molecule has 4 aromatic rings. The van der Waals surface area contributed by atoms with Gasteiger partial charge in [-0.15, -0.1) is 0 Å². The lowest BCUT2D eigenvalue weighted by molar-refractivity contribution is -0.384. The molecule has 144 valence electrons. The molecule has 0 spiro atoms. The van der Waals surface area contributed by atoms with Gasteiger partial charge in [-0.2, -0.15) is 4.98 Å². The van der Waals surface area contributed by atoms with Crippen LogP contribution in [-0.2, 0) is 13.0 Å². The standard InChI is InChI=1S/C22H16ClN3O3/c23-17-8-4-7-16(11-17)14-25-20-10-9-18(26(28)29)13-19(20)22(27)24-21(25)12-15-5-2-1-3-6-15/h1-11,13H,12,14H2.